The number of amides is 1. The van der Waals surface area contributed by atoms with Crippen molar-refractivity contribution >= 4 is 11.8 Å². The number of hydrogen-bond donors (Lipinski definition) is 1. The van der Waals surface area contributed by atoms with E-state index in [2.05, 4.69) is 29.3 Å². The van der Waals surface area contributed by atoms with E-state index < -0.39 is 0 Å². The summed E-state index contributed by atoms with van der Waals surface area (Å²) in [5, 5.41) is 2.73. The van der Waals surface area contributed by atoms with E-state index in [-0.39, 0.29) is 6.09 Å². The molecule has 1 N–H and O–H groups in total. The second kappa shape index (κ2) is 8.39. The second-order valence-electron chi connectivity index (χ2n) is 3.92. The number of carbonyl (C=O) groups excluding carboxylic acids is 1. The molecule has 0 saturated carbocycles. The van der Waals surface area contributed by atoms with E-state index >= 15 is 0 Å². The van der Waals surface area contributed by atoms with Crippen molar-refractivity contribution in [2.45, 2.75) is 20.3 Å². The highest BCUT2D eigenvalue weighted by molar-refractivity contribution is 5.66. The molecule has 1 rings (SSSR count). The summed E-state index contributed by atoms with van der Waals surface area (Å²) < 4.78 is 4.80. The number of anilines is 1. The first-order chi connectivity index (χ1) is 8.77. The van der Waals surface area contributed by atoms with Crippen LogP contribution in [0, 0.1) is 0 Å². The van der Waals surface area contributed by atoms with E-state index in [1.807, 2.05) is 18.2 Å². The maximum absolute atomic E-state index is 11.1. The Morgan fingerprint density at radius 1 is 1.28 bits per heavy atom. The van der Waals surface area contributed by atoms with E-state index in [1.165, 1.54) is 5.69 Å². The number of rotatable bonds is 7. The molecule has 0 bridgehead atoms. The average molecular weight is 250 g/mol. The molecule has 0 heterocycles. The average Bonchev–Trinajstić information content (AvgIpc) is 2.40. The number of hydrogen-bond acceptors (Lipinski definition) is 3. The number of alkyl carbamates (subject to hydrolysis) is 1. The highest BCUT2D eigenvalue weighted by Gasteiger charge is 2.04. The third kappa shape index (κ3) is 5.08. The van der Waals surface area contributed by atoms with Gasteiger partial charge in [0.1, 0.15) is 0 Å². The Morgan fingerprint density at radius 3 is 2.61 bits per heavy atom. The lowest BCUT2D eigenvalue weighted by molar-refractivity contribution is 0.152. The van der Waals surface area contributed by atoms with Crippen LogP contribution < -0.4 is 10.2 Å². The molecule has 0 aromatic heterocycles. The molecular formula is C14H22N2O2. The summed E-state index contributed by atoms with van der Waals surface area (Å²) in [4.78, 5) is 13.4. The Morgan fingerprint density at radius 2 is 2.00 bits per heavy atom. The van der Waals surface area contributed by atoms with Crippen molar-refractivity contribution < 1.29 is 9.53 Å². The minimum atomic E-state index is -0.333. The Bertz CT molecular complexity index is 341. The molecule has 1 aromatic carbocycles. The quantitative estimate of drug-likeness (QED) is 0.756. The van der Waals surface area contributed by atoms with Gasteiger partial charge < -0.3 is 15.0 Å². The molecule has 0 aliphatic rings. The third-order valence-corrected chi connectivity index (χ3v) is 2.65. The molecule has 18 heavy (non-hydrogen) atoms. The molecule has 0 atom stereocenters. The zero-order valence-electron chi connectivity index (χ0n) is 11.2. The van der Waals surface area contributed by atoms with Crippen molar-refractivity contribution in [2.24, 2.45) is 0 Å². The van der Waals surface area contributed by atoms with Gasteiger partial charge in [0.2, 0.25) is 0 Å². The van der Waals surface area contributed by atoms with Gasteiger partial charge in [0.05, 0.1) is 6.61 Å². The first kappa shape index (κ1) is 14.4. The monoisotopic (exact) mass is 250 g/mol. The number of para-hydroxylation sites is 1. The topological polar surface area (TPSA) is 41.6 Å². The van der Waals surface area contributed by atoms with Crippen LogP contribution in [0.15, 0.2) is 30.3 Å². The van der Waals surface area contributed by atoms with Crippen LogP contribution in [0.25, 0.3) is 0 Å². The summed E-state index contributed by atoms with van der Waals surface area (Å²) >= 11 is 0. The molecule has 0 unspecified atom stereocenters. The normalized spacial score (nSPS) is 9.89. The molecular weight excluding hydrogens is 228 g/mol. The van der Waals surface area contributed by atoms with Crippen LogP contribution in [0.2, 0.25) is 0 Å². The van der Waals surface area contributed by atoms with Crippen molar-refractivity contribution in [3.8, 4) is 0 Å². The molecule has 1 amide bonds. The Hall–Kier alpha value is -1.71. The Balaban J connectivity index is 2.26. The number of benzene rings is 1. The molecule has 0 aliphatic heterocycles. The van der Waals surface area contributed by atoms with Gasteiger partial charge in [-0.05, 0) is 32.4 Å². The fourth-order valence-corrected chi connectivity index (χ4v) is 1.75. The predicted molar refractivity (Wildman–Crippen MR) is 74.0 cm³/mol. The summed E-state index contributed by atoms with van der Waals surface area (Å²) in [5.74, 6) is 0. The van der Waals surface area contributed by atoms with E-state index in [1.54, 1.807) is 6.92 Å². The van der Waals surface area contributed by atoms with Crippen molar-refractivity contribution in [3.63, 3.8) is 0 Å². The number of carbonyl (C=O) groups is 1. The molecule has 0 spiro atoms. The maximum atomic E-state index is 11.1. The second-order valence-corrected chi connectivity index (χ2v) is 3.92. The molecule has 1 aromatic rings. The molecule has 0 saturated heterocycles. The van der Waals surface area contributed by atoms with Crippen LogP contribution in [0.3, 0.4) is 0 Å². The molecule has 4 nitrogen and oxygen atoms in total. The summed E-state index contributed by atoms with van der Waals surface area (Å²) in [6.45, 7) is 6.87. The van der Waals surface area contributed by atoms with E-state index in [9.17, 15) is 4.79 Å². The summed E-state index contributed by atoms with van der Waals surface area (Å²) in [7, 11) is 0. The van der Waals surface area contributed by atoms with Gasteiger partial charge in [-0.1, -0.05) is 18.2 Å². The predicted octanol–water partition coefficient (Wildman–Crippen LogP) is 2.65. The lowest BCUT2D eigenvalue weighted by Crippen LogP contribution is -2.30. The van der Waals surface area contributed by atoms with Gasteiger partial charge in [0.15, 0.2) is 0 Å². The molecule has 4 heteroatoms. The van der Waals surface area contributed by atoms with Crippen molar-refractivity contribution in [1.82, 2.24) is 5.32 Å². The zero-order chi connectivity index (χ0) is 13.2. The van der Waals surface area contributed by atoms with Gasteiger partial charge >= 0.3 is 6.09 Å². The SMILES string of the molecule is CCOC(=O)NCCCN(CC)c1ccccc1. The van der Waals surface area contributed by atoms with Crippen molar-refractivity contribution in [1.29, 1.82) is 0 Å². The lowest BCUT2D eigenvalue weighted by Gasteiger charge is -2.23. The fraction of sp³-hybridized carbons (Fsp3) is 0.500. The number of nitrogens with zero attached hydrogens (tertiary/aromatic N) is 1. The molecule has 0 fully saturated rings. The third-order valence-electron chi connectivity index (χ3n) is 2.65. The summed E-state index contributed by atoms with van der Waals surface area (Å²) in [6, 6.07) is 10.3. The zero-order valence-corrected chi connectivity index (χ0v) is 11.2. The van der Waals surface area contributed by atoms with E-state index in [4.69, 9.17) is 4.74 Å². The van der Waals surface area contributed by atoms with Gasteiger partial charge in [-0.15, -0.1) is 0 Å². The fourth-order valence-electron chi connectivity index (χ4n) is 1.75. The molecule has 100 valence electrons. The van der Waals surface area contributed by atoms with Gasteiger partial charge in [-0.3, -0.25) is 0 Å². The van der Waals surface area contributed by atoms with Crippen LogP contribution in [0.1, 0.15) is 20.3 Å². The smallest absolute Gasteiger partial charge is 0.407 e. The van der Waals surface area contributed by atoms with Crippen LogP contribution in [0.5, 0.6) is 0 Å². The van der Waals surface area contributed by atoms with Gasteiger partial charge in [0.25, 0.3) is 0 Å². The van der Waals surface area contributed by atoms with Gasteiger partial charge in [-0.25, -0.2) is 4.79 Å². The van der Waals surface area contributed by atoms with Gasteiger partial charge in [0, 0.05) is 25.3 Å². The minimum Gasteiger partial charge on any atom is -0.450 e. The van der Waals surface area contributed by atoms with Crippen LogP contribution in [-0.4, -0.2) is 32.3 Å². The van der Waals surface area contributed by atoms with E-state index in [0.29, 0.717) is 13.2 Å². The van der Waals surface area contributed by atoms with Crippen molar-refractivity contribution in [2.75, 3.05) is 31.1 Å². The highest BCUT2D eigenvalue weighted by atomic mass is 16.5. The number of nitrogens with one attached hydrogen (secondary N) is 1. The summed E-state index contributed by atoms with van der Waals surface area (Å²) in [6.07, 6.45) is 0.571. The van der Waals surface area contributed by atoms with Crippen LogP contribution in [0.4, 0.5) is 10.5 Å². The Kier molecular flexibility index (Phi) is 6.69. The van der Waals surface area contributed by atoms with E-state index in [0.717, 1.165) is 19.5 Å². The largest absolute Gasteiger partial charge is 0.450 e. The first-order valence-electron chi connectivity index (χ1n) is 6.48. The van der Waals surface area contributed by atoms with Crippen LogP contribution >= 0.6 is 0 Å². The number of ether oxygens (including phenoxy) is 1. The van der Waals surface area contributed by atoms with Gasteiger partial charge in [-0.2, -0.15) is 0 Å². The summed E-state index contributed by atoms with van der Waals surface area (Å²) in [5.41, 5.74) is 1.22. The minimum absolute atomic E-state index is 0.333. The van der Waals surface area contributed by atoms with Crippen molar-refractivity contribution in [3.05, 3.63) is 30.3 Å². The lowest BCUT2D eigenvalue weighted by atomic mass is 10.2. The standard InChI is InChI=1S/C14H22N2O2/c1-3-16(13-9-6-5-7-10-13)12-8-11-15-14(17)18-4-2/h5-7,9-10H,3-4,8,11-12H2,1-2H3,(H,15,17). The maximum Gasteiger partial charge on any atom is 0.407 e. The molecule has 0 radical (unpaired) electrons. The highest BCUT2D eigenvalue weighted by Crippen LogP contribution is 2.12. The first-order valence-corrected chi connectivity index (χ1v) is 6.48. The molecule has 0 aliphatic carbocycles. The Labute approximate surface area is 109 Å². The van der Waals surface area contributed by atoms with Crippen LogP contribution in [-0.2, 0) is 4.74 Å².